The lowest BCUT2D eigenvalue weighted by Gasteiger charge is -2.47. The molecule has 17 aromatic rings. The van der Waals surface area contributed by atoms with Gasteiger partial charge in [-0.15, -0.1) is 0 Å². The molecular weight excluding hydrogens is 1280 g/mol. The Balaban J connectivity index is 0.999. The first-order valence-corrected chi connectivity index (χ1v) is 36.7. The molecule has 0 spiro atoms. The van der Waals surface area contributed by atoms with E-state index in [1.165, 1.54) is 11.1 Å². The quantitative estimate of drug-likeness (QED) is 0.151. The smallest absolute Gasteiger partial charge is 0.0783 e. The molecule has 0 saturated carbocycles. The van der Waals surface area contributed by atoms with Crippen LogP contribution in [0.3, 0.4) is 0 Å². The van der Waals surface area contributed by atoms with Crippen molar-refractivity contribution in [3.8, 4) is 50.4 Å². The van der Waals surface area contributed by atoms with Crippen molar-refractivity contribution < 1.29 is 17.8 Å². The number of fused-ring (bicyclic) bond motifs is 13. The third-order valence-electron chi connectivity index (χ3n) is 22.1. The molecule has 0 N–H and O–H groups in total. The van der Waals surface area contributed by atoms with Crippen molar-refractivity contribution in [1.82, 2.24) is 13.7 Å². The van der Waals surface area contributed by atoms with E-state index in [0.29, 0.717) is 16.9 Å². The van der Waals surface area contributed by atoms with E-state index in [1.54, 1.807) is 4.57 Å². The van der Waals surface area contributed by atoms with Crippen molar-refractivity contribution in [2.45, 2.75) is 111 Å². The van der Waals surface area contributed by atoms with E-state index in [9.17, 15) is 13.7 Å². The van der Waals surface area contributed by atoms with Crippen molar-refractivity contribution in [3.63, 3.8) is 0 Å². The highest BCUT2D eigenvalue weighted by atomic mass is 15.2. The molecule has 0 saturated heterocycles. The van der Waals surface area contributed by atoms with Gasteiger partial charge in [-0.25, -0.2) is 0 Å². The summed E-state index contributed by atoms with van der Waals surface area (Å²) < 4.78 is 129. The largest absolute Gasteiger partial charge is 0.309 e. The highest BCUT2D eigenvalue weighted by molar-refractivity contribution is 6.19. The maximum absolute atomic E-state index is 9.86. The molecule has 1 atom stereocenters. The summed E-state index contributed by atoms with van der Waals surface area (Å²) in [6.07, 6.45) is 0. The number of para-hydroxylation sites is 5. The van der Waals surface area contributed by atoms with Crippen molar-refractivity contribution in [3.05, 3.63) is 342 Å². The molecule has 5 nitrogen and oxygen atoms in total. The molecule has 0 fully saturated rings. The lowest BCUT2D eigenvalue weighted by atomic mass is 9.73. The lowest BCUT2D eigenvalue weighted by Crippen LogP contribution is -2.31. The van der Waals surface area contributed by atoms with E-state index >= 15 is 0 Å². The minimum Gasteiger partial charge on any atom is -0.309 e. The van der Waals surface area contributed by atoms with E-state index in [4.69, 9.17) is 4.11 Å². The fraction of sp³-hybridized carbons (Fsp3) is 0.168. The van der Waals surface area contributed by atoms with Gasteiger partial charge in [0.25, 0.3) is 0 Å². The van der Waals surface area contributed by atoms with Crippen molar-refractivity contribution in [2.75, 3.05) is 9.80 Å². The molecule has 3 aromatic heterocycles. The highest BCUT2D eigenvalue weighted by Gasteiger charge is 2.45. The zero-order valence-corrected chi connectivity index (χ0v) is 61.7. The maximum atomic E-state index is 9.86. The third kappa shape index (κ3) is 10.2. The van der Waals surface area contributed by atoms with Gasteiger partial charge in [-0.1, -0.05) is 277 Å². The second-order valence-corrected chi connectivity index (χ2v) is 32.8. The van der Waals surface area contributed by atoms with Gasteiger partial charge in [-0.05, 0) is 186 Å². The molecular formula is C101H87N5. The van der Waals surface area contributed by atoms with E-state index in [2.05, 4.69) is 248 Å². The van der Waals surface area contributed by atoms with Gasteiger partial charge in [0.05, 0.1) is 90.7 Å². The zero-order chi connectivity index (χ0) is 83.8. The standard InChI is InChI=1S/C101H87N5/c1-98(2,3)67-48-53-85-80(56-67)81-57-68(99(4,5)6)49-54-86(81)104(85)88-45-29-41-75-76-42-30-46-89(97(76)103(96(75)88)71-37-23-16-24-38-71)105-87-52-47-66(63-31-17-13-18-32-63)55-82(87)93-77-51-50-72(102-83-43-27-25-39-73(83)74-40-26-28-44-84(74)102)62-90(77)106(92-61-70(101(10,11)12)60-91(105)94(92)93)95-78(64-33-19-14-20-34-64)58-69(100(7,8)9)59-79(95)65-35-21-15-22-36-65/h13-62,93H,1-12H3/i13D,17D,18D,25D,26D,27D,28D,31D,32D,39D,40D,43D,44D. The predicted molar refractivity (Wildman–Crippen MR) is 451 cm³/mol. The molecule has 14 aromatic carbocycles. The van der Waals surface area contributed by atoms with Gasteiger partial charge < -0.3 is 23.5 Å². The van der Waals surface area contributed by atoms with Gasteiger partial charge in [0, 0.05) is 66.3 Å². The summed E-state index contributed by atoms with van der Waals surface area (Å²) in [6, 6.07) is 73.4. The Labute approximate surface area is 640 Å². The minimum atomic E-state index is -0.758. The molecule has 2 aliphatic rings. The lowest BCUT2D eigenvalue weighted by molar-refractivity contribution is 0.589. The fourth-order valence-corrected chi connectivity index (χ4v) is 16.8. The van der Waals surface area contributed by atoms with Gasteiger partial charge in [0.1, 0.15) is 0 Å². The van der Waals surface area contributed by atoms with Gasteiger partial charge in [-0.2, -0.15) is 0 Å². The van der Waals surface area contributed by atoms with Gasteiger partial charge in [-0.3, -0.25) is 0 Å². The number of hydrogen-bond donors (Lipinski definition) is 0. The van der Waals surface area contributed by atoms with Gasteiger partial charge >= 0.3 is 0 Å². The average molecular weight is 1380 g/mol. The van der Waals surface area contributed by atoms with E-state index in [1.807, 2.05) is 78.9 Å². The number of rotatable bonds is 8. The Morgan fingerprint density at radius 1 is 0.274 bits per heavy atom. The van der Waals surface area contributed by atoms with Crippen LogP contribution in [0.1, 0.15) is 146 Å². The molecule has 5 heterocycles. The maximum Gasteiger partial charge on any atom is 0.0783 e. The van der Waals surface area contributed by atoms with Crippen LogP contribution in [0.2, 0.25) is 0 Å². The van der Waals surface area contributed by atoms with Crippen LogP contribution >= 0.6 is 0 Å². The summed E-state index contributed by atoms with van der Waals surface area (Å²) in [6.45, 7) is 26.9. The zero-order valence-electron chi connectivity index (χ0n) is 74.7. The summed E-state index contributed by atoms with van der Waals surface area (Å²) in [5, 5.41) is 4.20. The summed E-state index contributed by atoms with van der Waals surface area (Å²) in [4.78, 5) is 4.75. The fourth-order valence-electron chi connectivity index (χ4n) is 16.8. The Hall–Kier alpha value is -11.9. The second kappa shape index (κ2) is 23.8. The highest BCUT2D eigenvalue weighted by Crippen LogP contribution is 2.64. The average Bonchev–Trinajstić information content (AvgIpc) is 1.46. The Morgan fingerprint density at radius 2 is 0.774 bits per heavy atom. The normalized spacial score (nSPS) is 15.6. The first-order chi connectivity index (χ1) is 56.5. The summed E-state index contributed by atoms with van der Waals surface area (Å²) in [5.41, 5.74) is 20.4. The molecule has 0 aliphatic carbocycles. The van der Waals surface area contributed by atoms with Crippen LogP contribution in [0.25, 0.3) is 116 Å². The number of nitrogens with zero attached hydrogens (tertiary/aromatic N) is 5. The van der Waals surface area contributed by atoms with Crippen molar-refractivity contribution in [1.29, 1.82) is 0 Å². The second-order valence-electron chi connectivity index (χ2n) is 32.8. The third-order valence-corrected chi connectivity index (χ3v) is 22.1. The molecule has 19 rings (SSSR count). The van der Waals surface area contributed by atoms with Gasteiger partial charge in [0.2, 0.25) is 0 Å². The number of anilines is 6. The molecule has 5 heteroatoms. The van der Waals surface area contributed by atoms with E-state index in [0.717, 1.165) is 133 Å². The molecule has 0 amide bonds. The minimum absolute atomic E-state index is 0.0278. The Morgan fingerprint density at radius 3 is 1.33 bits per heavy atom. The topological polar surface area (TPSA) is 21.3 Å². The summed E-state index contributed by atoms with van der Waals surface area (Å²) in [5.74, 6) is -0.758. The number of benzene rings is 14. The first-order valence-electron chi connectivity index (χ1n) is 43.2. The van der Waals surface area contributed by atoms with Crippen LogP contribution in [0, 0.1) is 0 Å². The Bertz CT molecular complexity index is 7020. The molecule has 516 valence electrons. The molecule has 2 aliphatic heterocycles. The van der Waals surface area contributed by atoms with Crippen LogP contribution in [-0.2, 0) is 21.7 Å². The summed E-state index contributed by atoms with van der Waals surface area (Å²) >= 11 is 0. The Kier molecular flexibility index (Phi) is 11.7. The van der Waals surface area contributed by atoms with Crippen LogP contribution in [0.4, 0.5) is 34.1 Å². The molecule has 1 unspecified atom stereocenters. The van der Waals surface area contributed by atoms with Gasteiger partial charge in [0.15, 0.2) is 0 Å². The SMILES string of the molecule is [2H]c1c([2H])c([2H])c(-c2ccc3c(c2)C2c4ccc(-n5c6c([2H])c([2H])c([2H])c([2H])c6c6c([2H])c([2H])c([2H])c([2H])c65)cc4N(c4c(-c5ccccc5)cc(C(C)(C)C)cc4-c4ccccc4)c4cc(C(C)(C)C)cc(c42)N3c2cccc3c4cccc(-n5c6ccc(C(C)(C)C)cc6c6cc(C(C)(C)C)ccc65)c4n(-c4ccccc4)c23)c([2H])c1[2H]. The molecule has 106 heavy (non-hydrogen) atoms. The summed E-state index contributed by atoms with van der Waals surface area (Å²) in [7, 11) is 0. The van der Waals surface area contributed by atoms with E-state index < -0.39 is 83.2 Å². The van der Waals surface area contributed by atoms with Crippen LogP contribution < -0.4 is 9.80 Å². The predicted octanol–water partition coefficient (Wildman–Crippen LogP) is 27.9. The first kappa shape index (κ1) is 52.1. The van der Waals surface area contributed by atoms with Crippen LogP contribution in [0.5, 0.6) is 0 Å². The van der Waals surface area contributed by atoms with Crippen LogP contribution in [0.15, 0.2) is 303 Å². The van der Waals surface area contributed by atoms with Crippen molar-refractivity contribution in [2.24, 2.45) is 0 Å². The van der Waals surface area contributed by atoms with Crippen molar-refractivity contribution >= 4 is 99.5 Å². The molecule has 0 bridgehead atoms. The van der Waals surface area contributed by atoms with Crippen LogP contribution in [-0.4, -0.2) is 13.7 Å². The van der Waals surface area contributed by atoms with E-state index in [-0.39, 0.29) is 50.3 Å². The number of aromatic nitrogens is 3. The monoisotopic (exact) mass is 1380 g/mol. The molecule has 0 radical (unpaired) electrons. The number of hydrogen-bond acceptors (Lipinski definition) is 2.